The second kappa shape index (κ2) is 7.56. The largest absolute Gasteiger partial charge is 0.462 e. The summed E-state index contributed by atoms with van der Waals surface area (Å²) in [4.78, 5) is 11.5. The summed E-state index contributed by atoms with van der Waals surface area (Å²) < 4.78 is 19.0. The van der Waals surface area contributed by atoms with Crippen molar-refractivity contribution < 1.29 is 19.0 Å². The summed E-state index contributed by atoms with van der Waals surface area (Å²) in [6, 6.07) is 0. The Morgan fingerprint density at radius 3 is 2.64 bits per heavy atom. The molecule has 0 aromatic carbocycles. The highest BCUT2D eigenvalue weighted by Gasteiger charge is 2.68. The Kier molecular flexibility index (Phi) is 5.18. The molecule has 2 saturated heterocycles. The molecule has 0 unspecified atom stereocenters. The van der Waals surface area contributed by atoms with Gasteiger partial charge in [0.25, 0.3) is 0 Å². The zero-order valence-corrected chi connectivity index (χ0v) is 21.4. The van der Waals surface area contributed by atoms with Crippen LogP contribution in [0, 0.1) is 46.3 Å². The zero-order valence-electron chi connectivity index (χ0n) is 21.4. The van der Waals surface area contributed by atoms with Crippen molar-refractivity contribution in [2.45, 2.75) is 110 Å². The average Bonchev–Trinajstić information content (AvgIpc) is 3.21. The number of carbonyl (C=O) groups is 1. The van der Waals surface area contributed by atoms with Crippen molar-refractivity contribution in [1.29, 1.82) is 0 Å². The molecule has 0 amide bonds. The van der Waals surface area contributed by atoms with Gasteiger partial charge in [-0.25, -0.2) is 0 Å². The van der Waals surface area contributed by atoms with E-state index >= 15 is 0 Å². The Hall–Kier alpha value is -0.870. The maximum atomic E-state index is 11.5. The SMILES string of the molecule is CC(=O)O[C@@H]1CC[C@@]2(C)C(=CC[C@@H]3[C@H]4C[C@@H]5O[C@]6(CC[C@H](C)CO6)[C@H](C)[C@@H]5[C@@]4(C)CC[C@H]32)C1. The number of carbonyl (C=O) groups excluding carboxylic acids is 1. The summed E-state index contributed by atoms with van der Waals surface area (Å²) in [5.74, 6) is 3.64. The molecule has 5 fully saturated rings. The molecule has 33 heavy (non-hydrogen) atoms. The molecule has 0 aromatic heterocycles. The van der Waals surface area contributed by atoms with Crippen molar-refractivity contribution in [2.75, 3.05) is 6.61 Å². The van der Waals surface area contributed by atoms with E-state index in [4.69, 9.17) is 14.2 Å². The number of esters is 1. The van der Waals surface area contributed by atoms with Crippen molar-refractivity contribution >= 4 is 5.97 Å². The first-order valence-electron chi connectivity index (χ1n) is 13.8. The van der Waals surface area contributed by atoms with E-state index in [0.717, 1.165) is 50.0 Å². The average molecular weight is 457 g/mol. The molecule has 4 nitrogen and oxygen atoms in total. The highest BCUT2D eigenvalue weighted by atomic mass is 16.7. The maximum Gasteiger partial charge on any atom is 0.302 e. The standard InChI is InChI=1S/C29H44O4/c1-17-8-13-29(31-16-17)18(2)26-25(33-29)15-24-22-7-6-20-14-21(32-19(3)30)9-11-27(20,4)23(22)10-12-28(24,26)5/h6,17-18,21-26H,7-16H2,1-5H3/t17-,18+,21+,22-,23+,24+,25-,26-,27-,28-,29+/m0/s1. The first-order chi connectivity index (χ1) is 15.7. The third kappa shape index (κ3) is 3.18. The fourth-order valence-electron chi connectivity index (χ4n) is 9.98. The highest BCUT2D eigenvalue weighted by molar-refractivity contribution is 5.66. The molecule has 0 radical (unpaired) electrons. The first kappa shape index (κ1) is 22.6. The van der Waals surface area contributed by atoms with Gasteiger partial charge >= 0.3 is 5.97 Å². The summed E-state index contributed by atoms with van der Waals surface area (Å²) in [6.07, 6.45) is 13.6. The predicted octanol–water partition coefficient (Wildman–Crippen LogP) is 6.28. The molecule has 2 aliphatic heterocycles. The van der Waals surface area contributed by atoms with Gasteiger partial charge in [-0.15, -0.1) is 0 Å². The highest BCUT2D eigenvalue weighted by Crippen LogP contribution is 2.70. The van der Waals surface area contributed by atoms with E-state index in [-0.39, 0.29) is 23.3 Å². The van der Waals surface area contributed by atoms with Crippen LogP contribution in [0.1, 0.15) is 92.4 Å². The van der Waals surface area contributed by atoms with Gasteiger partial charge in [0, 0.05) is 25.7 Å². The van der Waals surface area contributed by atoms with Crippen LogP contribution in [0.5, 0.6) is 0 Å². The topological polar surface area (TPSA) is 44.8 Å². The van der Waals surface area contributed by atoms with Crippen LogP contribution < -0.4 is 0 Å². The number of fused-ring (bicyclic) bond motifs is 7. The van der Waals surface area contributed by atoms with Crippen molar-refractivity contribution in [3.63, 3.8) is 0 Å². The van der Waals surface area contributed by atoms with E-state index in [1.54, 1.807) is 12.5 Å². The number of rotatable bonds is 1. The minimum atomic E-state index is -0.312. The monoisotopic (exact) mass is 456 g/mol. The van der Waals surface area contributed by atoms with E-state index in [0.29, 0.717) is 29.3 Å². The molecule has 6 aliphatic rings. The van der Waals surface area contributed by atoms with Crippen LogP contribution in [-0.2, 0) is 19.0 Å². The Morgan fingerprint density at radius 2 is 1.91 bits per heavy atom. The van der Waals surface area contributed by atoms with Crippen LogP contribution in [0.25, 0.3) is 0 Å². The molecule has 0 aromatic rings. The molecular formula is C29H44O4. The normalized spacial score (nSPS) is 55.2. The first-order valence-corrected chi connectivity index (χ1v) is 13.8. The van der Waals surface area contributed by atoms with Crippen LogP contribution >= 0.6 is 0 Å². The second-order valence-electron chi connectivity index (χ2n) is 13.3. The maximum absolute atomic E-state index is 11.5. The van der Waals surface area contributed by atoms with E-state index in [1.165, 1.54) is 32.1 Å². The lowest BCUT2D eigenvalue weighted by molar-refractivity contribution is -0.272. The lowest BCUT2D eigenvalue weighted by Gasteiger charge is -2.58. The van der Waals surface area contributed by atoms with Crippen molar-refractivity contribution in [2.24, 2.45) is 46.3 Å². The Bertz CT molecular complexity index is 841. The summed E-state index contributed by atoms with van der Waals surface area (Å²) >= 11 is 0. The lowest BCUT2D eigenvalue weighted by atomic mass is 9.47. The molecule has 4 heteroatoms. The Labute approximate surface area is 200 Å². The fourth-order valence-corrected chi connectivity index (χ4v) is 9.98. The van der Waals surface area contributed by atoms with Gasteiger partial charge in [-0.05, 0) is 85.4 Å². The number of hydrogen-bond acceptors (Lipinski definition) is 4. The van der Waals surface area contributed by atoms with Gasteiger partial charge in [-0.1, -0.05) is 39.3 Å². The van der Waals surface area contributed by atoms with Crippen LogP contribution in [0.3, 0.4) is 0 Å². The van der Waals surface area contributed by atoms with Gasteiger partial charge in [-0.2, -0.15) is 0 Å². The summed E-state index contributed by atoms with van der Waals surface area (Å²) in [7, 11) is 0. The van der Waals surface area contributed by atoms with E-state index < -0.39 is 0 Å². The van der Waals surface area contributed by atoms with Crippen LogP contribution in [0.4, 0.5) is 0 Å². The number of allylic oxidation sites excluding steroid dienone is 1. The third-order valence-corrected chi connectivity index (χ3v) is 11.7. The lowest BCUT2D eigenvalue weighted by Crippen LogP contribution is -2.52. The summed E-state index contributed by atoms with van der Waals surface area (Å²) in [5.41, 5.74) is 2.24. The Morgan fingerprint density at radius 1 is 1.09 bits per heavy atom. The molecule has 184 valence electrons. The van der Waals surface area contributed by atoms with Crippen LogP contribution in [0.15, 0.2) is 11.6 Å². The molecule has 4 aliphatic carbocycles. The van der Waals surface area contributed by atoms with Crippen molar-refractivity contribution in [3.05, 3.63) is 11.6 Å². The van der Waals surface area contributed by atoms with Crippen LogP contribution in [0.2, 0.25) is 0 Å². The second-order valence-corrected chi connectivity index (χ2v) is 13.3. The molecule has 0 bridgehead atoms. The summed E-state index contributed by atoms with van der Waals surface area (Å²) in [5, 5.41) is 0. The van der Waals surface area contributed by atoms with Crippen LogP contribution in [-0.4, -0.2) is 30.6 Å². The quantitative estimate of drug-likeness (QED) is 0.344. The number of ether oxygens (including phenoxy) is 3. The van der Waals surface area contributed by atoms with Gasteiger partial charge in [0.2, 0.25) is 0 Å². The molecule has 3 saturated carbocycles. The fraction of sp³-hybridized carbons (Fsp3) is 0.897. The predicted molar refractivity (Wildman–Crippen MR) is 127 cm³/mol. The molecule has 2 heterocycles. The molecule has 6 rings (SSSR count). The van der Waals surface area contributed by atoms with Gasteiger partial charge in [0.1, 0.15) is 6.10 Å². The Balaban J connectivity index is 1.24. The van der Waals surface area contributed by atoms with Crippen molar-refractivity contribution in [1.82, 2.24) is 0 Å². The van der Waals surface area contributed by atoms with Gasteiger partial charge < -0.3 is 14.2 Å². The zero-order chi connectivity index (χ0) is 23.2. The van der Waals surface area contributed by atoms with Gasteiger partial charge in [0.15, 0.2) is 5.79 Å². The van der Waals surface area contributed by atoms with E-state index in [1.807, 2.05) is 0 Å². The minimum absolute atomic E-state index is 0.0849. The van der Waals surface area contributed by atoms with E-state index in [9.17, 15) is 4.79 Å². The molecular weight excluding hydrogens is 412 g/mol. The molecule has 0 N–H and O–H groups in total. The molecule has 1 spiro atoms. The van der Waals surface area contributed by atoms with Gasteiger partial charge in [0.05, 0.1) is 12.7 Å². The summed E-state index contributed by atoms with van der Waals surface area (Å²) in [6.45, 7) is 12.3. The minimum Gasteiger partial charge on any atom is -0.462 e. The van der Waals surface area contributed by atoms with Crippen molar-refractivity contribution in [3.8, 4) is 0 Å². The van der Waals surface area contributed by atoms with E-state index in [2.05, 4.69) is 33.8 Å². The molecule has 11 atom stereocenters. The number of hydrogen-bond donors (Lipinski definition) is 0. The third-order valence-electron chi connectivity index (χ3n) is 11.7. The van der Waals surface area contributed by atoms with Gasteiger partial charge in [-0.3, -0.25) is 4.79 Å². The smallest absolute Gasteiger partial charge is 0.302 e.